The van der Waals surface area contributed by atoms with Gasteiger partial charge in [-0.1, -0.05) is 0 Å². The van der Waals surface area contributed by atoms with Crippen molar-refractivity contribution < 1.29 is 22.5 Å². The average Bonchev–Trinajstić information content (AvgIpc) is 2.14. The lowest BCUT2D eigenvalue weighted by Crippen LogP contribution is -2.15. The molecule has 0 spiro atoms. The second-order valence-corrected chi connectivity index (χ2v) is 5.18. The second-order valence-electron chi connectivity index (χ2n) is 3.19. The van der Waals surface area contributed by atoms with Gasteiger partial charge in [0.15, 0.2) is 9.84 Å². The zero-order chi connectivity index (χ0) is 13.4. The molecule has 0 saturated heterocycles. The van der Waals surface area contributed by atoms with E-state index >= 15 is 0 Å². The van der Waals surface area contributed by atoms with E-state index in [-0.39, 0.29) is 0 Å². The van der Waals surface area contributed by atoms with Crippen molar-refractivity contribution in [2.24, 2.45) is 5.73 Å². The minimum Gasteiger partial charge on any atom is -0.365 e. The number of primary amides is 1. The van der Waals surface area contributed by atoms with Gasteiger partial charge in [0.25, 0.3) is 11.6 Å². The fraction of sp³-hybridized carbons (Fsp3) is 0.125. The molecule has 0 aliphatic rings. The number of halogens is 1. The first-order chi connectivity index (χ1) is 7.64. The van der Waals surface area contributed by atoms with E-state index in [1.54, 1.807) is 0 Å². The van der Waals surface area contributed by atoms with Gasteiger partial charge in [0.05, 0.1) is 4.92 Å². The van der Waals surface area contributed by atoms with E-state index in [1.807, 2.05) is 0 Å². The molecule has 1 rings (SSSR count). The van der Waals surface area contributed by atoms with E-state index in [0.717, 1.165) is 0 Å². The predicted molar refractivity (Wildman–Crippen MR) is 54.7 cm³/mol. The first-order valence-corrected chi connectivity index (χ1v) is 6.01. The van der Waals surface area contributed by atoms with Gasteiger partial charge in [-0.3, -0.25) is 14.9 Å². The zero-order valence-corrected chi connectivity index (χ0v) is 9.32. The first-order valence-electron chi connectivity index (χ1n) is 4.12. The Morgan fingerprint density at radius 3 is 2.35 bits per heavy atom. The first kappa shape index (κ1) is 13.0. The summed E-state index contributed by atoms with van der Waals surface area (Å²) in [5, 5.41) is 10.6. The van der Waals surface area contributed by atoms with Gasteiger partial charge in [0.2, 0.25) is 0 Å². The van der Waals surface area contributed by atoms with Crippen LogP contribution in [0, 0.1) is 15.9 Å². The van der Waals surface area contributed by atoms with Crippen LogP contribution in [0.5, 0.6) is 0 Å². The normalized spacial score (nSPS) is 11.2. The van der Waals surface area contributed by atoms with Crippen LogP contribution in [0.2, 0.25) is 0 Å². The van der Waals surface area contributed by atoms with Crippen LogP contribution in [0.3, 0.4) is 0 Å². The van der Waals surface area contributed by atoms with Crippen LogP contribution < -0.4 is 5.73 Å². The summed E-state index contributed by atoms with van der Waals surface area (Å²) in [5.41, 5.74) is 3.29. The number of sulfone groups is 1. The highest BCUT2D eigenvalue weighted by molar-refractivity contribution is 7.90. The number of nitrogens with two attached hydrogens (primary N) is 1. The maximum absolute atomic E-state index is 13.3. The Kier molecular flexibility index (Phi) is 3.14. The van der Waals surface area contributed by atoms with Crippen molar-refractivity contribution in [1.29, 1.82) is 0 Å². The Morgan fingerprint density at radius 2 is 2.00 bits per heavy atom. The van der Waals surface area contributed by atoms with Crippen molar-refractivity contribution in [3.63, 3.8) is 0 Å². The monoisotopic (exact) mass is 262 g/mol. The minimum atomic E-state index is -3.96. The number of nitro groups is 1. The maximum atomic E-state index is 13.3. The number of hydrogen-bond donors (Lipinski definition) is 1. The third-order valence-corrected chi connectivity index (χ3v) is 3.02. The molecule has 0 aliphatic carbocycles. The van der Waals surface area contributed by atoms with Crippen molar-refractivity contribution in [3.05, 3.63) is 33.6 Å². The molecule has 0 bridgehead atoms. The molecule has 1 aromatic carbocycles. The van der Waals surface area contributed by atoms with Crippen LogP contribution in [0.25, 0.3) is 0 Å². The summed E-state index contributed by atoms with van der Waals surface area (Å²) in [6.45, 7) is 0. The van der Waals surface area contributed by atoms with E-state index in [4.69, 9.17) is 5.73 Å². The summed E-state index contributed by atoms with van der Waals surface area (Å²) in [5.74, 6) is -2.47. The number of benzene rings is 1. The highest BCUT2D eigenvalue weighted by Crippen LogP contribution is 2.25. The van der Waals surface area contributed by atoms with E-state index in [0.29, 0.717) is 18.4 Å². The van der Waals surface area contributed by atoms with Gasteiger partial charge >= 0.3 is 0 Å². The molecule has 0 aromatic heterocycles. The molecule has 0 fully saturated rings. The third-order valence-electron chi connectivity index (χ3n) is 1.91. The molecule has 0 heterocycles. The molecule has 92 valence electrons. The van der Waals surface area contributed by atoms with E-state index in [1.165, 1.54) is 0 Å². The molecule has 17 heavy (non-hydrogen) atoms. The van der Waals surface area contributed by atoms with Crippen LogP contribution in [0.15, 0.2) is 17.0 Å². The molecular weight excluding hydrogens is 255 g/mol. The Labute approximate surface area is 95.1 Å². The lowest BCUT2D eigenvalue weighted by atomic mass is 10.1. The molecule has 1 aromatic rings. The van der Waals surface area contributed by atoms with Crippen LogP contribution >= 0.6 is 0 Å². The quantitative estimate of drug-likeness (QED) is 0.617. The SMILES string of the molecule is CS(=O)(=O)c1cc([N+](=O)[O-])c(C(N)=O)cc1F. The number of nitrogens with zero attached hydrogens (tertiary/aromatic N) is 1. The molecule has 1 amide bonds. The topological polar surface area (TPSA) is 120 Å². The van der Waals surface area contributed by atoms with Crippen molar-refractivity contribution in [2.45, 2.75) is 4.90 Å². The summed E-state index contributed by atoms with van der Waals surface area (Å²) in [7, 11) is -3.96. The smallest absolute Gasteiger partial charge is 0.283 e. The predicted octanol–water partition coefficient (Wildman–Crippen LogP) is 0.236. The minimum absolute atomic E-state index is 0.441. The number of nitro benzene ring substituents is 1. The lowest BCUT2D eigenvalue weighted by molar-refractivity contribution is -0.385. The van der Waals surface area contributed by atoms with Gasteiger partial charge < -0.3 is 5.73 Å². The fourth-order valence-electron chi connectivity index (χ4n) is 1.18. The Bertz CT molecular complexity index is 611. The van der Waals surface area contributed by atoms with Gasteiger partial charge in [-0.25, -0.2) is 12.8 Å². The van der Waals surface area contributed by atoms with Crippen molar-refractivity contribution >= 4 is 21.4 Å². The summed E-state index contributed by atoms with van der Waals surface area (Å²) < 4.78 is 35.6. The number of rotatable bonds is 3. The van der Waals surface area contributed by atoms with Gasteiger partial charge in [-0.2, -0.15) is 0 Å². The number of carbonyl (C=O) groups is 1. The number of carbonyl (C=O) groups excluding carboxylic acids is 1. The number of amides is 1. The largest absolute Gasteiger partial charge is 0.365 e. The van der Waals surface area contributed by atoms with E-state index in [2.05, 4.69) is 0 Å². The maximum Gasteiger partial charge on any atom is 0.283 e. The molecule has 0 unspecified atom stereocenters. The lowest BCUT2D eigenvalue weighted by Gasteiger charge is -2.03. The Balaban J connectivity index is 3.69. The molecule has 9 heteroatoms. The average molecular weight is 262 g/mol. The highest BCUT2D eigenvalue weighted by atomic mass is 32.2. The summed E-state index contributed by atoms with van der Waals surface area (Å²) in [6, 6.07) is 0.918. The van der Waals surface area contributed by atoms with E-state index in [9.17, 15) is 27.7 Å². The van der Waals surface area contributed by atoms with Crippen LogP contribution in [0.4, 0.5) is 10.1 Å². The Hall–Kier alpha value is -2.03. The molecule has 7 nitrogen and oxygen atoms in total. The molecular formula is C8H7FN2O5S. The summed E-state index contributed by atoms with van der Waals surface area (Å²) >= 11 is 0. The molecule has 0 atom stereocenters. The van der Waals surface area contributed by atoms with Crippen LogP contribution in [-0.2, 0) is 9.84 Å². The number of hydrogen-bond acceptors (Lipinski definition) is 5. The van der Waals surface area contributed by atoms with Gasteiger partial charge in [0.1, 0.15) is 16.3 Å². The highest BCUT2D eigenvalue weighted by Gasteiger charge is 2.25. The zero-order valence-electron chi connectivity index (χ0n) is 8.51. The molecule has 0 saturated carbocycles. The van der Waals surface area contributed by atoms with Crippen molar-refractivity contribution in [1.82, 2.24) is 0 Å². The molecule has 0 aliphatic heterocycles. The Morgan fingerprint density at radius 1 is 1.47 bits per heavy atom. The molecule has 2 N–H and O–H groups in total. The summed E-state index contributed by atoms with van der Waals surface area (Å²) in [4.78, 5) is 19.6. The van der Waals surface area contributed by atoms with E-state index < -0.39 is 42.6 Å². The summed E-state index contributed by atoms with van der Waals surface area (Å²) in [6.07, 6.45) is 0.694. The fourth-order valence-corrected chi connectivity index (χ4v) is 1.91. The second kappa shape index (κ2) is 4.09. The standard InChI is InChI=1S/C8H7FN2O5S/c1-17(15,16)7-3-6(11(13)14)4(8(10)12)2-5(7)9/h2-3H,1H3,(H2,10,12). The van der Waals surface area contributed by atoms with Gasteiger partial charge in [-0.05, 0) is 6.07 Å². The third kappa shape index (κ3) is 2.56. The van der Waals surface area contributed by atoms with Gasteiger partial charge in [-0.15, -0.1) is 0 Å². The van der Waals surface area contributed by atoms with Crippen molar-refractivity contribution in [3.8, 4) is 0 Å². The van der Waals surface area contributed by atoms with Gasteiger partial charge in [0, 0.05) is 12.3 Å². The molecule has 0 radical (unpaired) electrons. The van der Waals surface area contributed by atoms with Crippen molar-refractivity contribution in [2.75, 3.05) is 6.26 Å². The van der Waals surface area contributed by atoms with Crippen LogP contribution in [0.1, 0.15) is 10.4 Å². The van der Waals surface area contributed by atoms with Crippen LogP contribution in [-0.4, -0.2) is 25.5 Å².